The molecular weight excluding hydrogens is 442 g/mol. The molecule has 6 nitrogen and oxygen atoms in total. The van der Waals surface area contributed by atoms with Crippen molar-refractivity contribution in [1.82, 2.24) is 0 Å². The van der Waals surface area contributed by atoms with E-state index in [2.05, 4.69) is 25.1 Å². The van der Waals surface area contributed by atoms with Gasteiger partial charge in [0.15, 0.2) is 0 Å². The Balaban J connectivity index is 1.38. The van der Waals surface area contributed by atoms with Crippen LogP contribution < -0.4 is 0 Å². The van der Waals surface area contributed by atoms with Crippen LogP contribution in [-0.4, -0.2) is 46.9 Å². The third-order valence-electron chi connectivity index (χ3n) is 10.5. The van der Waals surface area contributed by atoms with Gasteiger partial charge in [-0.3, -0.25) is 0 Å². The van der Waals surface area contributed by atoms with Crippen molar-refractivity contribution in [3.8, 4) is 0 Å². The molecule has 4 aliphatic rings. The molecule has 6 heteroatoms. The quantitative estimate of drug-likeness (QED) is 0.198. The summed E-state index contributed by atoms with van der Waals surface area (Å²) in [5.74, 6) is 1.02. The van der Waals surface area contributed by atoms with Crippen LogP contribution in [0.4, 0.5) is 0 Å². The van der Waals surface area contributed by atoms with Crippen LogP contribution in [0.15, 0.2) is 47.1 Å². The third kappa shape index (κ3) is 3.43. The van der Waals surface area contributed by atoms with Gasteiger partial charge in [0.2, 0.25) is 0 Å². The number of oxime groups is 1. The summed E-state index contributed by atoms with van der Waals surface area (Å²) in [4.78, 5) is 12.6. The highest BCUT2D eigenvalue weighted by Gasteiger charge is 2.69. The van der Waals surface area contributed by atoms with E-state index >= 15 is 0 Å². The topological polar surface area (TPSA) is 88.3 Å². The number of fused-ring (bicyclic) bond motifs is 5. The van der Waals surface area contributed by atoms with Crippen molar-refractivity contribution in [3.05, 3.63) is 47.5 Å². The van der Waals surface area contributed by atoms with Gasteiger partial charge in [-0.1, -0.05) is 48.9 Å². The molecule has 190 valence electrons. The largest absolute Gasteiger partial charge is 0.458 e. The Morgan fingerprint density at radius 1 is 1.11 bits per heavy atom. The molecule has 3 saturated carbocycles. The number of benzene rings is 1. The smallest absolute Gasteiger partial charge is 0.338 e. The molecule has 0 saturated heterocycles. The number of nitrogens with zero attached hydrogens (tertiary/aromatic N) is 1. The summed E-state index contributed by atoms with van der Waals surface area (Å²) >= 11 is 0. The predicted molar refractivity (Wildman–Crippen MR) is 133 cm³/mol. The van der Waals surface area contributed by atoms with Crippen LogP contribution >= 0.6 is 0 Å². The second kappa shape index (κ2) is 8.74. The molecule has 0 amide bonds. The molecule has 1 aromatic rings. The first kappa shape index (κ1) is 24.5. The molecule has 0 bridgehead atoms. The molecule has 35 heavy (non-hydrogen) atoms. The van der Waals surface area contributed by atoms with Crippen LogP contribution in [0.3, 0.4) is 0 Å². The molecule has 0 aromatic heterocycles. The van der Waals surface area contributed by atoms with Crippen molar-refractivity contribution in [1.29, 1.82) is 0 Å². The van der Waals surface area contributed by atoms with Gasteiger partial charge in [-0.25, -0.2) is 4.79 Å². The second-order valence-electron chi connectivity index (χ2n) is 11.7. The van der Waals surface area contributed by atoms with E-state index in [9.17, 15) is 15.1 Å². The van der Waals surface area contributed by atoms with Gasteiger partial charge in [-0.2, -0.15) is 0 Å². The average molecular weight is 482 g/mol. The average Bonchev–Trinajstić information content (AvgIpc) is 3.10. The van der Waals surface area contributed by atoms with E-state index in [1.165, 1.54) is 5.57 Å². The lowest BCUT2D eigenvalue weighted by Gasteiger charge is -2.59. The lowest BCUT2D eigenvalue weighted by atomic mass is 9.46. The second-order valence-corrected chi connectivity index (χ2v) is 11.7. The van der Waals surface area contributed by atoms with Crippen LogP contribution in [-0.2, 0) is 9.47 Å². The third-order valence-corrected chi connectivity index (χ3v) is 10.5. The Kier molecular flexibility index (Phi) is 6.12. The monoisotopic (exact) mass is 481 g/mol. The molecule has 0 spiro atoms. The van der Waals surface area contributed by atoms with Gasteiger partial charge in [-0.05, 0) is 80.8 Å². The summed E-state index contributed by atoms with van der Waals surface area (Å²) in [6.07, 6.45) is 7.93. The molecule has 4 aliphatic carbocycles. The molecule has 3 fully saturated rings. The normalized spacial score (nSPS) is 42.9. The highest BCUT2D eigenvalue weighted by atomic mass is 16.5. The Morgan fingerprint density at radius 2 is 1.86 bits per heavy atom. The lowest BCUT2D eigenvalue weighted by molar-refractivity contribution is -0.131. The summed E-state index contributed by atoms with van der Waals surface area (Å²) in [5, 5.41) is 24.4. The van der Waals surface area contributed by atoms with Crippen LogP contribution in [0.5, 0.6) is 0 Å². The first-order valence-corrected chi connectivity index (χ1v) is 13.1. The number of allylic oxidation sites excluding steroid dienone is 1. The standard InChI is InChI=1S/C29H39NO5/c1-18(30-33)29(34-4)25(31)17-24-22-11-10-20-16-21(35-26(32)19-8-6-5-7-9-19)12-14-27(20,2)23(22)13-15-28(24,29)3/h5-10,21-25,31,33H,11-17H2,1-4H3/b30-18-/t21-,22+,23-,24-,25+,27-,28-,29+/m0/s1. The molecule has 8 atom stereocenters. The summed E-state index contributed by atoms with van der Waals surface area (Å²) in [6.45, 7) is 6.40. The maximum Gasteiger partial charge on any atom is 0.338 e. The summed E-state index contributed by atoms with van der Waals surface area (Å²) in [7, 11) is 1.63. The van der Waals surface area contributed by atoms with Gasteiger partial charge in [0.05, 0.1) is 17.4 Å². The highest BCUT2D eigenvalue weighted by molar-refractivity contribution is 5.92. The number of carbonyl (C=O) groups is 1. The van der Waals surface area contributed by atoms with Crippen molar-refractivity contribution >= 4 is 11.7 Å². The van der Waals surface area contributed by atoms with Crippen molar-refractivity contribution in [2.45, 2.75) is 83.5 Å². The number of aliphatic hydroxyl groups is 1. The minimum atomic E-state index is -0.953. The van der Waals surface area contributed by atoms with Gasteiger partial charge < -0.3 is 19.8 Å². The number of rotatable bonds is 4. The number of esters is 1. The van der Waals surface area contributed by atoms with Crippen LogP contribution in [0.2, 0.25) is 0 Å². The Hall–Kier alpha value is -2.18. The van der Waals surface area contributed by atoms with Gasteiger partial charge in [0.1, 0.15) is 11.7 Å². The van der Waals surface area contributed by atoms with Crippen molar-refractivity contribution in [3.63, 3.8) is 0 Å². The number of hydrogen-bond acceptors (Lipinski definition) is 6. The van der Waals surface area contributed by atoms with E-state index in [4.69, 9.17) is 9.47 Å². The maximum atomic E-state index is 12.6. The van der Waals surface area contributed by atoms with E-state index in [-0.39, 0.29) is 28.8 Å². The van der Waals surface area contributed by atoms with Crippen LogP contribution in [0.1, 0.15) is 76.1 Å². The van der Waals surface area contributed by atoms with Gasteiger partial charge in [-0.15, -0.1) is 0 Å². The first-order chi connectivity index (χ1) is 16.7. The summed E-state index contributed by atoms with van der Waals surface area (Å²) < 4.78 is 12.0. The molecule has 5 rings (SSSR count). The number of hydrogen-bond donors (Lipinski definition) is 2. The fourth-order valence-electron chi connectivity index (χ4n) is 8.77. The SMILES string of the molecule is CO[C@]1(/C(C)=N\O)[C@H](O)C[C@H]2[C@@H]3CC=C4C[C@@H](OC(=O)c5ccccc5)CC[C@]4(C)[C@H]3CC[C@@]21C. The number of methoxy groups -OCH3 is 1. The fraction of sp³-hybridized carbons (Fsp3) is 0.655. The Morgan fingerprint density at radius 3 is 2.54 bits per heavy atom. The van der Waals surface area contributed by atoms with Crippen molar-refractivity contribution in [2.75, 3.05) is 7.11 Å². The van der Waals surface area contributed by atoms with Crippen LogP contribution in [0.25, 0.3) is 0 Å². The molecule has 0 unspecified atom stereocenters. The summed E-state index contributed by atoms with van der Waals surface area (Å²) in [5.41, 5.74) is 1.35. The highest BCUT2D eigenvalue weighted by Crippen LogP contribution is 2.68. The lowest BCUT2D eigenvalue weighted by Crippen LogP contribution is -2.60. The van der Waals surface area contributed by atoms with Crippen molar-refractivity contribution in [2.24, 2.45) is 33.7 Å². The zero-order valence-electron chi connectivity index (χ0n) is 21.4. The first-order valence-electron chi connectivity index (χ1n) is 13.1. The molecule has 2 N–H and O–H groups in total. The van der Waals surface area contributed by atoms with Gasteiger partial charge in [0, 0.05) is 18.9 Å². The van der Waals surface area contributed by atoms with Gasteiger partial charge in [0.25, 0.3) is 0 Å². The Bertz CT molecular complexity index is 1040. The minimum absolute atomic E-state index is 0.0784. The zero-order valence-corrected chi connectivity index (χ0v) is 21.4. The van der Waals surface area contributed by atoms with E-state index in [1.54, 1.807) is 26.2 Å². The predicted octanol–water partition coefficient (Wildman–Crippen LogP) is 5.38. The van der Waals surface area contributed by atoms with E-state index < -0.39 is 11.7 Å². The molecule has 0 aliphatic heterocycles. The van der Waals surface area contributed by atoms with E-state index in [0.717, 1.165) is 38.5 Å². The fourth-order valence-corrected chi connectivity index (χ4v) is 8.77. The zero-order chi connectivity index (χ0) is 25.0. The summed E-state index contributed by atoms with van der Waals surface area (Å²) in [6, 6.07) is 9.23. The van der Waals surface area contributed by atoms with Crippen LogP contribution in [0, 0.1) is 28.6 Å². The molecule has 0 heterocycles. The van der Waals surface area contributed by atoms with Gasteiger partial charge >= 0.3 is 5.97 Å². The minimum Gasteiger partial charge on any atom is -0.458 e. The van der Waals surface area contributed by atoms with E-state index in [0.29, 0.717) is 29.5 Å². The van der Waals surface area contributed by atoms with Crippen molar-refractivity contribution < 1.29 is 24.6 Å². The van der Waals surface area contributed by atoms with E-state index in [1.807, 2.05) is 18.2 Å². The molecule has 0 radical (unpaired) electrons. The maximum absolute atomic E-state index is 12.6. The number of ether oxygens (including phenoxy) is 2. The number of aliphatic hydroxyl groups excluding tert-OH is 1. The Labute approximate surface area is 208 Å². The molecular formula is C29H39NO5. The number of carbonyl (C=O) groups excluding carboxylic acids is 1. The molecule has 1 aromatic carbocycles.